The fourth-order valence-corrected chi connectivity index (χ4v) is 3.94. The van der Waals surface area contributed by atoms with Crippen molar-refractivity contribution in [2.75, 3.05) is 19.8 Å². The van der Waals surface area contributed by atoms with Gasteiger partial charge >= 0.3 is 0 Å². The molecule has 3 rings (SSSR count). The Balaban J connectivity index is 1.81. The molecule has 5 atom stereocenters. The summed E-state index contributed by atoms with van der Waals surface area (Å²) in [5.41, 5.74) is 1.19. The van der Waals surface area contributed by atoms with Crippen molar-refractivity contribution in [1.82, 2.24) is 0 Å². The second-order valence-electron chi connectivity index (χ2n) is 8.07. The zero-order chi connectivity index (χ0) is 24.8. The lowest BCUT2D eigenvalue weighted by molar-refractivity contribution is -0.102. The van der Waals surface area contributed by atoms with Crippen LogP contribution in [-0.4, -0.2) is 81.7 Å². The Morgan fingerprint density at radius 2 is 1.79 bits per heavy atom. The number of ether oxygens (including phenoxy) is 2. The monoisotopic (exact) mass is 492 g/mol. The van der Waals surface area contributed by atoms with Crippen LogP contribution in [0.3, 0.4) is 0 Å². The molecule has 8 nitrogen and oxygen atoms in total. The molecule has 1 aliphatic rings. The number of carbonyl (C=O) groups excluding carboxylic acids is 1. The zero-order valence-electron chi connectivity index (χ0n) is 18.7. The Bertz CT molecular complexity index is 1000. The van der Waals surface area contributed by atoms with Crippen molar-refractivity contribution in [3.8, 4) is 5.75 Å². The number of aliphatic hydroxyl groups excluding tert-OH is 5. The van der Waals surface area contributed by atoms with Crippen molar-refractivity contribution in [3.05, 3.63) is 70.3 Å². The molecular weight excluding hydrogens is 464 g/mol. The SMILES string of the molecule is C/C=C(\c1ccc(Cl)c(C(=O)c2ccc(O[C@H]3CCOC3)cc2)c1)[C@H](O)[C@@H](O)[C@H](O)[C@H](O)CO. The van der Waals surface area contributed by atoms with E-state index in [4.69, 9.17) is 26.2 Å². The largest absolute Gasteiger partial charge is 0.488 e. The highest BCUT2D eigenvalue weighted by molar-refractivity contribution is 6.35. The summed E-state index contributed by atoms with van der Waals surface area (Å²) in [6, 6.07) is 11.2. The molecule has 184 valence electrons. The van der Waals surface area contributed by atoms with Crippen LogP contribution < -0.4 is 4.74 Å². The third kappa shape index (κ3) is 6.03. The summed E-state index contributed by atoms with van der Waals surface area (Å²) in [6.45, 7) is 2.03. The molecule has 9 heteroatoms. The maximum absolute atomic E-state index is 13.1. The summed E-state index contributed by atoms with van der Waals surface area (Å²) in [7, 11) is 0. The fraction of sp³-hybridized carbons (Fsp3) is 0.400. The van der Waals surface area contributed by atoms with E-state index in [1.807, 2.05) is 0 Å². The number of allylic oxidation sites excluding steroid dienone is 1. The highest BCUT2D eigenvalue weighted by atomic mass is 35.5. The highest BCUT2D eigenvalue weighted by Gasteiger charge is 2.32. The van der Waals surface area contributed by atoms with Crippen LogP contribution in [0.5, 0.6) is 5.75 Å². The van der Waals surface area contributed by atoms with Crippen LogP contribution in [0.1, 0.15) is 34.8 Å². The van der Waals surface area contributed by atoms with Gasteiger partial charge in [0.15, 0.2) is 5.78 Å². The highest BCUT2D eigenvalue weighted by Crippen LogP contribution is 2.29. The molecule has 1 aliphatic heterocycles. The Morgan fingerprint density at radius 3 is 2.38 bits per heavy atom. The Kier molecular flexibility index (Phi) is 9.21. The van der Waals surface area contributed by atoms with E-state index < -0.39 is 31.0 Å². The van der Waals surface area contributed by atoms with Gasteiger partial charge in [-0.1, -0.05) is 23.7 Å². The molecule has 1 saturated heterocycles. The van der Waals surface area contributed by atoms with Gasteiger partial charge in [0.05, 0.1) is 24.8 Å². The minimum atomic E-state index is -1.78. The molecule has 0 aliphatic carbocycles. The minimum Gasteiger partial charge on any atom is -0.488 e. The van der Waals surface area contributed by atoms with Crippen LogP contribution in [0.2, 0.25) is 5.02 Å². The van der Waals surface area contributed by atoms with Crippen LogP contribution >= 0.6 is 11.6 Å². The first kappa shape index (κ1) is 26.3. The third-order valence-electron chi connectivity index (χ3n) is 5.74. The molecule has 0 spiro atoms. The van der Waals surface area contributed by atoms with Gasteiger partial charge in [0.25, 0.3) is 0 Å². The lowest BCUT2D eigenvalue weighted by Gasteiger charge is -2.27. The summed E-state index contributed by atoms with van der Waals surface area (Å²) in [6.07, 6.45) is -4.46. The molecule has 34 heavy (non-hydrogen) atoms. The quantitative estimate of drug-likeness (QED) is 0.315. The summed E-state index contributed by atoms with van der Waals surface area (Å²) in [5, 5.41) is 49.6. The van der Waals surface area contributed by atoms with Crippen molar-refractivity contribution in [2.24, 2.45) is 0 Å². The third-order valence-corrected chi connectivity index (χ3v) is 6.07. The van der Waals surface area contributed by atoms with Gasteiger partial charge in [0, 0.05) is 17.5 Å². The maximum atomic E-state index is 13.1. The molecule has 0 saturated carbocycles. The van der Waals surface area contributed by atoms with Gasteiger partial charge in [0.2, 0.25) is 0 Å². The summed E-state index contributed by atoms with van der Waals surface area (Å²) in [4.78, 5) is 13.1. The van der Waals surface area contributed by atoms with Gasteiger partial charge in [0.1, 0.15) is 36.3 Å². The van der Waals surface area contributed by atoms with Crippen molar-refractivity contribution in [2.45, 2.75) is 43.9 Å². The smallest absolute Gasteiger partial charge is 0.194 e. The number of halogens is 1. The second-order valence-corrected chi connectivity index (χ2v) is 8.48. The summed E-state index contributed by atoms with van der Waals surface area (Å²) >= 11 is 6.29. The summed E-state index contributed by atoms with van der Waals surface area (Å²) in [5.74, 6) is 0.285. The van der Waals surface area contributed by atoms with Crippen molar-refractivity contribution in [3.63, 3.8) is 0 Å². The fourth-order valence-electron chi connectivity index (χ4n) is 3.73. The van der Waals surface area contributed by atoms with E-state index in [1.165, 1.54) is 18.2 Å². The first-order valence-electron chi connectivity index (χ1n) is 10.9. The number of hydrogen-bond donors (Lipinski definition) is 5. The average Bonchev–Trinajstić information content (AvgIpc) is 3.37. The predicted molar refractivity (Wildman–Crippen MR) is 126 cm³/mol. The van der Waals surface area contributed by atoms with E-state index in [9.17, 15) is 25.2 Å². The lowest BCUT2D eigenvalue weighted by atomic mass is 9.90. The van der Waals surface area contributed by atoms with E-state index in [0.29, 0.717) is 30.1 Å². The first-order valence-corrected chi connectivity index (χ1v) is 11.3. The molecule has 0 unspecified atom stereocenters. The van der Waals surface area contributed by atoms with E-state index in [0.717, 1.165) is 6.42 Å². The standard InChI is InChI=1S/C25H29ClO8/c1-2-18(23(30)25(32)24(31)21(28)12-27)15-5-8-20(26)19(11-15)22(29)14-3-6-16(7-4-14)34-17-9-10-33-13-17/h2-8,11,17,21,23-25,27-28,30-32H,9-10,12-13H2,1H3/b18-2+/t17-,21+,23-,24+,25+/m0/s1. The molecular formula is C25H29ClO8. The molecule has 2 aromatic carbocycles. The van der Waals surface area contributed by atoms with Gasteiger partial charge in [-0.25, -0.2) is 0 Å². The Hall–Kier alpha value is -2.30. The number of hydrogen-bond acceptors (Lipinski definition) is 8. The molecule has 1 heterocycles. The zero-order valence-corrected chi connectivity index (χ0v) is 19.4. The van der Waals surface area contributed by atoms with E-state index in [-0.39, 0.29) is 28.0 Å². The van der Waals surface area contributed by atoms with Crippen molar-refractivity contribution >= 4 is 23.0 Å². The Labute approximate surface area is 202 Å². The van der Waals surface area contributed by atoms with Crippen LogP contribution in [0, 0.1) is 0 Å². The number of aliphatic hydroxyl groups is 5. The van der Waals surface area contributed by atoms with E-state index in [1.54, 1.807) is 37.3 Å². The van der Waals surface area contributed by atoms with E-state index in [2.05, 4.69) is 0 Å². The number of rotatable bonds is 10. The van der Waals surface area contributed by atoms with Gasteiger partial charge < -0.3 is 35.0 Å². The van der Waals surface area contributed by atoms with Gasteiger partial charge in [-0.15, -0.1) is 0 Å². The normalized spacial score (nSPS) is 20.0. The maximum Gasteiger partial charge on any atom is 0.194 e. The number of benzene rings is 2. The average molecular weight is 493 g/mol. The Morgan fingerprint density at radius 1 is 1.12 bits per heavy atom. The molecule has 5 N–H and O–H groups in total. The number of carbonyl (C=O) groups is 1. The van der Waals surface area contributed by atoms with Crippen LogP contribution in [0.15, 0.2) is 48.5 Å². The van der Waals surface area contributed by atoms with Crippen LogP contribution in [0.25, 0.3) is 5.57 Å². The van der Waals surface area contributed by atoms with E-state index >= 15 is 0 Å². The van der Waals surface area contributed by atoms with Crippen LogP contribution in [0.4, 0.5) is 0 Å². The minimum absolute atomic E-state index is 0.00860. The van der Waals surface area contributed by atoms with Gasteiger partial charge in [-0.2, -0.15) is 0 Å². The van der Waals surface area contributed by atoms with Crippen molar-refractivity contribution in [1.29, 1.82) is 0 Å². The number of ketones is 1. The summed E-state index contributed by atoms with van der Waals surface area (Å²) < 4.78 is 11.1. The molecule has 0 bridgehead atoms. The predicted octanol–water partition coefficient (Wildman–Crippen LogP) is 1.58. The van der Waals surface area contributed by atoms with Gasteiger partial charge in [-0.3, -0.25) is 4.79 Å². The topological polar surface area (TPSA) is 137 Å². The molecule has 1 fully saturated rings. The molecule has 0 radical (unpaired) electrons. The molecule has 2 aromatic rings. The van der Waals surface area contributed by atoms with Crippen LogP contribution in [-0.2, 0) is 4.74 Å². The van der Waals surface area contributed by atoms with Crippen molar-refractivity contribution < 1.29 is 39.8 Å². The molecule has 0 aromatic heterocycles. The van der Waals surface area contributed by atoms with Gasteiger partial charge in [-0.05, 0) is 54.5 Å². The first-order chi connectivity index (χ1) is 16.3. The molecule has 0 amide bonds. The lowest BCUT2D eigenvalue weighted by Crippen LogP contribution is -2.46. The second kappa shape index (κ2) is 11.9.